The summed E-state index contributed by atoms with van der Waals surface area (Å²) in [5.41, 5.74) is 2.12. The zero-order chi connectivity index (χ0) is 17.9. The lowest BCUT2D eigenvalue weighted by Gasteiger charge is -2.13. The molecular weight excluding hydrogens is 343 g/mol. The van der Waals surface area contributed by atoms with Crippen LogP contribution in [-0.2, 0) is 16.2 Å². The molecule has 0 aliphatic heterocycles. The molecule has 1 aromatic rings. The summed E-state index contributed by atoms with van der Waals surface area (Å²) in [7, 11) is -5.55. The van der Waals surface area contributed by atoms with Crippen LogP contribution in [-0.4, -0.2) is 22.5 Å². The van der Waals surface area contributed by atoms with Crippen LogP contribution in [0.1, 0.15) is 18.9 Å². The molecule has 128 valence electrons. The Hall–Kier alpha value is -1.30. The van der Waals surface area contributed by atoms with E-state index in [2.05, 4.69) is 35.8 Å². The molecule has 0 aliphatic carbocycles. The molecule has 0 heterocycles. The normalized spacial score (nSPS) is 14.0. The Bertz CT molecular complexity index is 713. The van der Waals surface area contributed by atoms with Gasteiger partial charge in [-0.15, -0.1) is 11.5 Å². The van der Waals surface area contributed by atoms with Crippen molar-refractivity contribution in [1.29, 1.82) is 0 Å². The Labute approximate surface area is 136 Å². The summed E-state index contributed by atoms with van der Waals surface area (Å²) in [6.45, 7) is 7.83. The number of sulfonamides is 1. The van der Waals surface area contributed by atoms with Crippen LogP contribution < -0.4 is 4.72 Å². The molecule has 1 rings (SSSR count). The highest BCUT2D eigenvalue weighted by Crippen LogP contribution is 2.30. The van der Waals surface area contributed by atoms with Crippen LogP contribution >= 0.6 is 0 Å². The Morgan fingerprint density at radius 3 is 2.39 bits per heavy atom. The summed E-state index contributed by atoms with van der Waals surface area (Å²) >= 11 is 0. The maximum atomic E-state index is 12.7. The second-order valence-electron chi connectivity index (χ2n) is 6.30. The first-order valence-electron chi connectivity index (χ1n) is 7.01. The maximum absolute atomic E-state index is 12.7. The molecule has 0 fully saturated rings. The van der Waals surface area contributed by atoms with Crippen LogP contribution in [0, 0.1) is 11.5 Å². The van der Waals surface area contributed by atoms with Crippen LogP contribution in [0.2, 0.25) is 19.6 Å². The molecule has 3 nitrogen and oxygen atoms in total. The van der Waals surface area contributed by atoms with Crippen LogP contribution in [0.3, 0.4) is 0 Å². The van der Waals surface area contributed by atoms with E-state index in [1.807, 2.05) is 0 Å². The van der Waals surface area contributed by atoms with Crippen molar-refractivity contribution in [2.45, 2.75) is 50.1 Å². The minimum Gasteiger partial charge on any atom is -0.207 e. The van der Waals surface area contributed by atoms with Gasteiger partial charge in [0.25, 0.3) is 0 Å². The van der Waals surface area contributed by atoms with E-state index in [0.29, 0.717) is 12.5 Å². The second-order valence-corrected chi connectivity index (χ2v) is 12.8. The summed E-state index contributed by atoms with van der Waals surface area (Å²) in [4.78, 5) is -0.405. The smallest absolute Gasteiger partial charge is 0.207 e. The third kappa shape index (κ3) is 6.77. The lowest BCUT2D eigenvalue weighted by molar-refractivity contribution is -0.137. The first-order valence-corrected chi connectivity index (χ1v) is 12.0. The van der Waals surface area contributed by atoms with E-state index in [1.54, 1.807) is 6.92 Å². The fourth-order valence-electron chi connectivity index (χ4n) is 1.68. The lowest BCUT2D eigenvalue weighted by Crippen LogP contribution is -2.32. The monoisotopic (exact) mass is 363 g/mol. The van der Waals surface area contributed by atoms with Gasteiger partial charge < -0.3 is 0 Å². The molecule has 23 heavy (non-hydrogen) atoms. The number of benzene rings is 1. The van der Waals surface area contributed by atoms with Gasteiger partial charge in [-0.05, 0) is 25.1 Å². The molecule has 0 saturated carbocycles. The molecule has 0 radical (unpaired) electrons. The molecule has 0 aromatic heterocycles. The molecule has 0 aliphatic rings. The minimum absolute atomic E-state index is 0.308. The first kappa shape index (κ1) is 19.7. The van der Waals surface area contributed by atoms with Crippen LogP contribution in [0.5, 0.6) is 0 Å². The van der Waals surface area contributed by atoms with Crippen molar-refractivity contribution in [2.75, 3.05) is 0 Å². The molecule has 1 atom stereocenters. The highest BCUT2D eigenvalue weighted by molar-refractivity contribution is 7.89. The maximum Gasteiger partial charge on any atom is 0.416 e. The molecule has 0 saturated heterocycles. The predicted octanol–water partition coefficient (Wildman–Crippen LogP) is 3.64. The number of rotatable bonds is 4. The predicted molar refractivity (Wildman–Crippen MR) is 87.0 cm³/mol. The zero-order valence-corrected chi connectivity index (χ0v) is 15.3. The van der Waals surface area contributed by atoms with Gasteiger partial charge in [-0.1, -0.05) is 25.7 Å². The van der Waals surface area contributed by atoms with Crippen molar-refractivity contribution in [3.05, 3.63) is 29.8 Å². The average Bonchev–Trinajstić information content (AvgIpc) is 2.35. The van der Waals surface area contributed by atoms with Gasteiger partial charge in [0.1, 0.15) is 8.07 Å². The minimum atomic E-state index is -4.58. The summed E-state index contributed by atoms with van der Waals surface area (Å²) in [6.07, 6.45) is -4.28. The topological polar surface area (TPSA) is 46.2 Å². The van der Waals surface area contributed by atoms with Crippen LogP contribution in [0.25, 0.3) is 0 Å². The quantitative estimate of drug-likeness (QED) is 0.656. The van der Waals surface area contributed by atoms with Crippen LogP contribution in [0.15, 0.2) is 29.2 Å². The number of alkyl halides is 3. The van der Waals surface area contributed by atoms with E-state index in [-0.39, 0.29) is 0 Å². The van der Waals surface area contributed by atoms with Gasteiger partial charge in [0.05, 0.1) is 10.5 Å². The Balaban J connectivity index is 2.89. The Morgan fingerprint density at radius 1 is 1.26 bits per heavy atom. The van der Waals surface area contributed by atoms with E-state index < -0.39 is 40.8 Å². The van der Waals surface area contributed by atoms with E-state index in [4.69, 9.17) is 0 Å². The Kier molecular flexibility index (Phi) is 6.07. The van der Waals surface area contributed by atoms with Crippen molar-refractivity contribution in [1.82, 2.24) is 4.72 Å². The molecule has 0 bridgehead atoms. The third-order valence-corrected chi connectivity index (χ3v) is 5.21. The highest BCUT2D eigenvalue weighted by atomic mass is 32.2. The molecule has 1 unspecified atom stereocenters. The highest BCUT2D eigenvalue weighted by Gasteiger charge is 2.31. The second kappa shape index (κ2) is 7.07. The molecule has 8 heteroatoms. The van der Waals surface area contributed by atoms with Gasteiger partial charge in [0.15, 0.2) is 0 Å². The Morgan fingerprint density at radius 2 is 1.87 bits per heavy atom. The fraction of sp³-hybridized carbons (Fsp3) is 0.467. The van der Waals surface area contributed by atoms with Crippen LogP contribution in [0.4, 0.5) is 13.2 Å². The first-order chi connectivity index (χ1) is 10.3. The number of halogens is 3. The zero-order valence-electron chi connectivity index (χ0n) is 13.5. The summed E-state index contributed by atoms with van der Waals surface area (Å²) in [5.74, 6) is 2.94. The average molecular weight is 363 g/mol. The fourth-order valence-corrected chi connectivity index (χ4v) is 3.60. The van der Waals surface area contributed by atoms with Gasteiger partial charge in [-0.3, -0.25) is 0 Å². The third-order valence-electron chi connectivity index (χ3n) is 2.70. The molecule has 1 aromatic carbocycles. The van der Waals surface area contributed by atoms with E-state index in [9.17, 15) is 21.6 Å². The molecule has 1 N–H and O–H groups in total. The van der Waals surface area contributed by atoms with Crippen molar-refractivity contribution in [3.8, 4) is 11.5 Å². The summed E-state index contributed by atoms with van der Waals surface area (Å²) < 4.78 is 64.7. The number of hydrogen-bond acceptors (Lipinski definition) is 2. The van der Waals surface area contributed by atoms with Gasteiger partial charge in [-0.2, -0.15) is 13.2 Å². The van der Waals surface area contributed by atoms with Gasteiger partial charge in [-0.25, -0.2) is 13.1 Å². The van der Waals surface area contributed by atoms with Gasteiger partial charge in [0, 0.05) is 12.5 Å². The molecular formula is C15H20F3NO2SSi. The van der Waals surface area contributed by atoms with E-state index in [1.165, 1.54) is 0 Å². The summed E-state index contributed by atoms with van der Waals surface area (Å²) in [6, 6.07) is 3.19. The largest absolute Gasteiger partial charge is 0.416 e. The van der Waals surface area contributed by atoms with Crippen molar-refractivity contribution in [3.63, 3.8) is 0 Å². The van der Waals surface area contributed by atoms with Crippen molar-refractivity contribution in [2.24, 2.45) is 0 Å². The molecule has 0 spiro atoms. The number of nitrogens with one attached hydrogen (secondary N) is 1. The number of hydrogen-bond donors (Lipinski definition) is 1. The molecule has 0 amide bonds. The summed E-state index contributed by atoms with van der Waals surface area (Å²) in [5, 5.41) is 0. The van der Waals surface area contributed by atoms with E-state index in [0.717, 1.165) is 18.2 Å². The van der Waals surface area contributed by atoms with E-state index >= 15 is 0 Å². The standard InChI is InChI=1S/C15H20F3NO2SSi/c1-12(7-6-10-23(2,3)4)19-22(20,21)14-9-5-8-13(11-14)15(16,17)18/h5,8-9,11-12,19H,7H2,1-4H3. The van der Waals surface area contributed by atoms with Gasteiger partial charge in [0.2, 0.25) is 10.0 Å². The van der Waals surface area contributed by atoms with Crippen molar-refractivity contribution >= 4 is 18.1 Å². The van der Waals surface area contributed by atoms with Gasteiger partial charge >= 0.3 is 6.18 Å². The SMILES string of the molecule is CC(CC#C[Si](C)(C)C)NS(=O)(=O)c1cccc(C(F)(F)F)c1. The lowest BCUT2D eigenvalue weighted by atomic mass is 10.2. The van der Waals surface area contributed by atoms with Crippen molar-refractivity contribution < 1.29 is 21.6 Å².